The van der Waals surface area contributed by atoms with Crippen LogP contribution in [0.25, 0.3) is 0 Å². The molecule has 0 aliphatic rings. The van der Waals surface area contributed by atoms with Crippen LogP contribution in [0.15, 0.2) is 42.5 Å². The minimum atomic E-state index is -0.565. The first-order valence-electron chi connectivity index (χ1n) is 7.49. The largest absolute Gasteiger partial charge is 0.494 e. The van der Waals surface area contributed by atoms with Crippen molar-refractivity contribution in [1.29, 1.82) is 0 Å². The molecule has 1 N–H and O–H groups in total. The highest BCUT2D eigenvalue weighted by Gasteiger charge is 2.15. The quantitative estimate of drug-likeness (QED) is 0.447. The number of benzene rings is 2. The van der Waals surface area contributed by atoms with Crippen molar-refractivity contribution in [1.82, 2.24) is 0 Å². The molecule has 126 valence electrons. The molecule has 24 heavy (non-hydrogen) atoms. The maximum Gasteiger partial charge on any atom is 0.270 e. The lowest BCUT2D eigenvalue weighted by molar-refractivity contribution is -0.384. The zero-order valence-electron chi connectivity index (χ0n) is 13.1. The highest BCUT2D eigenvalue weighted by molar-refractivity contribution is 6.34. The van der Waals surface area contributed by atoms with Gasteiger partial charge in [-0.2, -0.15) is 0 Å². The van der Waals surface area contributed by atoms with Gasteiger partial charge in [-0.05, 0) is 24.6 Å². The van der Waals surface area contributed by atoms with E-state index in [2.05, 4.69) is 12.2 Å². The van der Waals surface area contributed by atoms with E-state index in [0.717, 1.165) is 18.9 Å². The van der Waals surface area contributed by atoms with Crippen LogP contribution in [0.5, 0.6) is 5.75 Å². The Hall–Kier alpha value is -2.60. The summed E-state index contributed by atoms with van der Waals surface area (Å²) in [4.78, 5) is 22.4. The predicted octanol–water partition coefficient (Wildman–Crippen LogP) is 4.68. The fraction of sp³-hybridized carbons (Fsp3) is 0.235. The Balaban J connectivity index is 2.09. The van der Waals surface area contributed by atoms with Crippen LogP contribution < -0.4 is 10.1 Å². The van der Waals surface area contributed by atoms with Gasteiger partial charge in [-0.15, -0.1) is 0 Å². The lowest BCUT2D eigenvalue weighted by atomic mass is 10.2. The molecule has 0 heterocycles. The van der Waals surface area contributed by atoms with E-state index in [1.165, 1.54) is 12.1 Å². The van der Waals surface area contributed by atoms with E-state index < -0.39 is 10.8 Å². The number of anilines is 1. The summed E-state index contributed by atoms with van der Waals surface area (Å²) in [7, 11) is 0. The summed E-state index contributed by atoms with van der Waals surface area (Å²) in [5.74, 6) is 0.219. The predicted molar refractivity (Wildman–Crippen MR) is 92.9 cm³/mol. The number of nitrogens with zero attached hydrogens (tertiary/aromatic N) is 1. The molecule has 6 nitrogen and oxygen atoms in total. The smallest absolute Gasteiger partial charge is 0.270 e. The number of halogens is 1. The van der Waals surface area contributed by atoms with Gasteiger partial charge in [0, 0.05) is 23.9 Å². The van der Waals surface area contributed by atoms with Gasteiger partial charge in [0.2, 0.25) is 0 Å². The molecule has 0 aliphatic carbocycles. The normalized spacial score (nSPS) is 10.2. The molecule has 0 radical (unpaired) electrons. The van der Waals surface area contributed by atoms with Gasteiger partial charge in [0.25, 0.3) is 11.6 Å². The third kappa shape index (κ3) is 4.70. The summed E-state index contributed by atoms with van der Waals surface area (Å²) in [6.45, 7) is 2.69. The highest BCUT2D eigenvalue weighted by atomic mass is 35.5. The number of nitrogens with one attached hydrogen (secondary N) is 1. The van der Waals surface area contributed by atoms with E-state index in [1.807, 2.05) is 6.07 Å². The minimum absolute atomic E-state index is 0.0250. The molecule has 0 fully saturated rings. The van der Waals surface area contributed by atoms with Gasteiger partial charge in [0.1, 0.15) is 5.75 Å². The number of ether oxygens (including phenoxy) is 1. The van der Waals surface area contributed by atoms with Crippen molar-refractivity contribution in [2.75, 3.05) is 11.9 Å². The lowest BCUT2D eigenvalue weighted by Gasteiger charge is -2.09. The molecule has 0 aliphatic heterocycles. The van der Waals surface area contributed by atoms with Crippen LogP contribution in [0.2, 0.25) is 5.02 Å². The molecular weight excluding hydrogens is 332 g/mol. The summed E-state index contributed by atoms with van der Waals surface area (Å²) in [6.07, 6.45) is 1.99. The molecule has 2 aromatic rings. The topological polar surface area (TPSA) is 81.5 Å². The van der Waals surface area contributed by atoms with Crippen molar-refractivity contribution in [2.24, 2.45) is 0 Å². The molecule has 0 saturated carbocycles. The number of carbonyl (C=O) groups is 1. The van der Waals surface area contributed by atoms with Gasteiger partial charge in [-0.25, -0.2) is 0 Å². The first-order chi connectivity index (χ1) is 11.5. The second-order valence-corrected chi connectivity index (χ2v) is 5.51. The Bertz CT molecular complexity index is 749. The zero-order chi connectivity index (χ0) is 17.5. The van der Waals surface area contributed by atoms with Crippen molar-refractivity contribution in [3.8, 4) is 5.75 Å². The Kier molecular flexibility index (Phi) is 6.14. The lowest BCUT2D eigenvalue weighted by Crippen LogP contribution is -2.12. The first kappa shape index (κ1) is 17.7. The average molecular weight is 349 g/mol. The molecule has 2 rings (SSSR count). The Labute approximate surface area is 144 Å². The number of hydrogen-bond donors (Lipinski definition) is 1. The van der Waals surface area contributed by atoms with Crippen molar-refractivity contribution in [2.45, 2.75) is 19.8 Å². The summed E-state index contributed by atoms with van der Waals surface area (Å²) in [6, 6.07) is 10.7. The van der Waals surface area contributed by atoms with Crippen molar-refractivity contribution in [3.63, 3.8) is 0 Å². The van der Waals surface area contributed by atoms with Crippen LogP contribution in [-0.2, 0) is 0 Å². The number of amides is 1. The number of hydrogen-bond acceptors (Lipinski definition) is 4. The van der Waals surface area contributed by atoms with Gasteiger partial charge in [-0.3, -0.25) is 14.9 Å². The molecule has 2 aromatic carbocycles. The molecular formula is C17H17ClN2O4. The van der Waals surface area contributed by atoms with Crippen LogP contribution in [-0.4, -0.2) is 17.4 Å². The number of nitro groups is 1. The van der Waals surface area contributed by atoms with E-state index in [4.69, 9.17) is 16.3 Å². The van der Waals surface area contributed by atoms with Gasteiger partial charge >= 0.3 is 0 Å². The first-order valence-corrected chi connectivity index (χ1v) is 7.87. The molecule has 0 spiro atoms. The van der Waals surface area contributed by atoms with Crippen molar-refractivity contribution < 1.29 is 14.5 Å². The number of non-ortho nitro benzene ring substituents is 1. The molecule has 0 atom stereocenters. The summed E-state index contributed by atoms with van der Waals surface area (Å²) < 4.78 is 5.59. The standard InChI is InChI=1S/C17H17ClN2O4/c1-2-3-9-24-14-6-4-5-12(10-14)19-17(21)15-8-7-13(20(22)23)11-16(15)18/h4-8,10-11H,2-3,9H2,1H3,(H,19,21). The van der Waals surface area contributed by atoms with E-state index >= 15 is 0 Å². The second kappa shape index (κ2) is 8.31. The molecule has 0 saturated heterocycles. The SMILES string of the molecule is CCCCOc1cccc(NC(=O)c2ccc([N+](=O)[O-])cc2Cl)c1. The summed E-state index contributed by atoms with van der Waals surface area (Å²) in [5, 5.41) is 13.4. The average Bonchev–Trinajstić information content (AvgIpc) is 2.55. The van der Waals surface area contributed by atoms with E-state index in [0.29, 0.717) is 18.0 Å². The van der Waals surface area contributed by atoms with Gasteiger partial charge in [-0.1, -0.05) is 31.0 Å². The van der Waals surface area contributed by atoms with E-state index in [9.17, 15) is 14.9 Å². The maximum absolute atomic E-state index is 12.3. The summed E-state index contributed by atoms with van der Waals surface area (Å²) in [5.41, 5.74) is 0.561. The van der Waals surface area contributed by atoms with Crippen molar-refractivity contribution in [3.05, 3.63) is 63.2 Å². The molecule has 1 amide bonds. The Morgan fingerprint density at radius 3 is 2.75 bits per heavy atom. The number of carbonyl (C=O) groups excluding carboxylic acids is 1. The zero-order valence-corrected chi connectivity index (χ0v) is 13.9. The van der Waals surface area contributed by atoms with Crippen LogP contribution in [0.1, 0.15) is 30.1 Å². The van der Waals surface area contributed by atoms with Crippen LogP contribution >= 0.6 is 11.6 Å². The van der Waals surface area contributed by atoms with Crippen LogP contribution in [0, 0.1) is 10.1 Å². The van der Waals surface area contributed by atoms with Gasteiger partial charge in [0.15, 0.2) is 0 Å². The third-order valence-corrected chi connectivity index (χ3v) is 3.58. The monoisotopic (exact) mass is 348 g/mol. The molecule has 0 bridgehead atoms. The second-order valence-electron chi connectivity index (χ2n) is 5.11. The maximum atomic E-state index is 12.3. The Morgan fingerprint density at radius 1 is 1.29 bits per heavy atom. The summed E-state index contributed by atoms with van der Waals surface area (Å²) >= 11 is 5.96. The third-order valence-electron chi connectivity index (χ3n) is 3.27. The van der Waals surface area contributed by atoms with E-state index in [-0.39, 0.29) is 16.3 Å². The fourth-order valence-electron chi connectivity index (χ4n) is 2.00. The van der Waals surface area contributed by atoms with Gasteiger partial charge < -0.3 is 10.1 Å². The van der Waals surface area contributed by atoms with Crippen LogP contribution in [0.3, 0.4) is 0 Å². The fourth-order valence-corrected chi connectivity index (χ4v) is 2.26. The number of rotatable bonds is 7. The molecule has 0 unspecified atom stereocenters. The van der Waals surface area contributed by atoms with E-state index in [1.54, 1.807) is 18.2 Å². The number of unbranched alkanes of at least 4 members (excludes halogenated alkanes) is 1. The van der Waals surface area contributed by atoms with Crippen molar-refractivity contribution >= 4 is 28.9 Å². The molecule has 0 aromatic heterocycles. The minimum Gasteiger partial charge on any atom is -0.494 e. The van der Waals surface area contributed by atoms with Gasteiger partial charge in [0.05, 0.1) is 22.1 Å². The molecule has 7 heteroatoms. The highest BCUT2D eigenvalue weighted by Crippen LogP contribution is 2.24. The Morgan fingerprint density at radius 2 is 2.08 bits per heavy atom. The number of nitro benzene ring substituents is 1. The van der Waals surface area contributed by atoms with Crippen LogP contribution in [0.4, 0.5) is 11.4 Å².